The molecule has 0 amide bonds. The lowest BCUT2D eigenvalue weighted by Crippen LogP contribution is -2.03. The number of nitrogens with one attached hydrogen (secondary N) is 1. The van der Waals surface area contributed by atoms with Gasteiger partial charge < -0.3 is 5.32 Å². The standard InChI is InChI=1S/C15H18N4O2/c1-2-6-16-12-8-13(10-14(9-12)19(20)21)18-7-5-15(17-18)11-3-4-11/h5,7-11,16H,2-4,6H2,1H3. The molecule has 1 aliphatic rings. The summed E-state index contributed by atoms with van der Waals surface area (Å²) in [7, 11) is 0. The van der Waals surface area contributed by atoms with Gasteiger partial charge in [-0.25, -0.2) is 4.68 Å². The molecule has 1 N–H and O–H groups in total. The van der Waals surface area contributed by atoms with Gasteiger partial charge in [0.25, 0.3) is 5.69 Å². The van der Waals surface area contributed by atoms with Crippen LogP contribution >= 0.6 is 0 Å². The largest absolute Gasteiger partial charge is 0.385 e. The molecule has 1 saturated carbocycles. The van der Waals surface area contributed by atoms with Crippen molar-refractivity contribution < 1.29 is 4.92 Å². The lowest BCUT2D eigenvalue weighted by atomic mass is 10.2. The van der Waals surface area contributed by atoms with Gasteiger partial charge in [-0.15, -0.1) is 0 Å². The Kier molecular flexibility index (Phi) is 3.60. The highest BCUT2D eigenvalue weighted by Gasteiger charge is 2.26. The van der Waals surface area contributed by atoms with Crippen molar-refractivity contribution in [2.75, 3.05) is 11.9 Å². The molecule has 0 radical (unpaired) electrons. The number of benzene rings is 1. The number of nitro benzene ring substituents is 1. The Morgan fingerprint density at radius 1 is 1.43 bits per heavy atom. The van der Waals surface area contributed by atoms with Crippen LogP contribution in [0.25, 0.3) is 5.69 Å². The molecule has 1 aromatic carbocycles. The molecule has 110 valence electrons. The van der Waals surface area contributed by atoms with E-state index in [2.05, 4.69) is 17.3 Å². The maximum Gasteiger partial charge on any atom is 0.273 e. The van der Waals surface area contributed by atoms with Gasteiger partial charge in [-0.1, -0.05) is 6.92 Å². The number of non-ortho nitro benzene ring substituents is 1. The van der Waals surface area contributed by atoms with Crippen molar-refractivity contribution in [1.82, 2.24) is 9.78 Å². The number of nitrogens with zero attached hydrogens (tertiary/aromatic N) is 3. The van der Waals surface area contributed by atoms with E-state index >= 15 is 0 Å². The molecule has 0 unspecified atom stereocenters. The number of anilines is 1. The minimum atomic E-state index is -0.369. The topological polar surface area (TPSA) is 73.0 Å². The second-order valence-corrected chi connectivity index (χ2v) is 5.38. The third kappa shape index (κ3) is 3.04. The van der Waals surface area contributed by atoms with Crippen molar-refractivity contribution in [3.63, 3.8) is 0 Å². The van der Waals surface area contributed by atoms with Crippen LogP contribution in [-0.2, 0) is 0 Å². The number of rotatable bonds is 6. The van der Waals surface area contributed by atoms with E-state index in [1.54, 1.807) is 16.8 Å². The predicted molar refractivity (Wildman–Crippen MR) is 81.0 cm³/mol. The fourth-order valence-corrected chi connectivity index (χ4v) is 2.28. The lowest BCUT2D eigenvalue weighted by Gasteiger charge is -2.08. The predicted octanol–water partition coefficient (Wildman–Crippen LogP) is 3.48. The Hall–Kier alpha value is -2.37. The van der Waals surface area contributed by atoms with Gasteiger partial charge in [0.2, 0.25) is 0 Å². The van der Waals surface area contributed by atoms with Crippen LogP contribution in [0.4, 0.5) is 11.4 Å². The van der Waals surface area contributed by atoms with Crippen molar-refractivity contribution in [2.45, 2.75) is 32.1 Å². The minimum Gasteiger partial charge on any atom is -0.385 e. The van der Waals surface area contributed by atoms with E-state index in [1.807, 2.05) is 18.3 Å². The summed E-state index contributed by atoms with van der Waals surface area (Å²) in [5.74, 6) is 0.572. The Bertz CT molecular complexity index is 661. The third-order valence-corrected chi connectivity index (χ3v) is 3.56. The van der Waals surface area contributed by atoms with Crippen molar-refractivity contribution >= 4 is 11.4 Å². The van der Waals surface area contributed by atoms with E-state index in [4.69, 9.17) is 0 Å². The average Bonchev–Trinajstić information content (AvgIpc) is 3.22. The molecular formula is C15H18N4O2. The molecule has 1 heterocycles. The van der Waals surface area contributed by atoms with Crippen LogP contribution in [0.5, 0.6) is 0 Å². The minimum absolute atomic E-state index is 0.0783. The summed E-state index contributed by atoms with van der Waals surface area (Å²) in [4.78, 5) is 10.7. The first-order valence-electron chi connectivity index (χ1n) is 7.26. The first kappa shape index (κ1) is 13.6. The van der Waals surface area contributed by atoms with E-state index in [0.717, 1.165) is 30.0 Å². The Labute approximate surface area is 122 Å². The van der Waals surface area contributed by atoms with Crippen LogP contribution in [0.1, 0.15) is 37.8 Å². The van der Waals surface area contributed by atoms with E-state index in [0.29, 0.717) is 5.92 Å². The Morgan fingerprint density at radius 3 is 2.90 bits per heavy atom. The summed E-state index contributed by atoms with van der Waals surface area (Å²) in [5.41, 5.74) is 2.62. The van der Waals surface area contributed by atoms with Gasteiger partial charge in [-0.3, -0.25) is 10.1 Å². The number of aromatic nitrogens is 2. The molecule has 0 bridgehead atoms. The highest BCUT2D eigenvalue weighted by molar-refractivity contribution is 5.58. The molecule has 6 heteroatoms. The van der Waals surface area contributed by atoms with Gasteiger partial charge >= 0.3 is 0 Å². The summed E-state index contributed by atoms with van der Waals surface area (Å²) >= 11 is 0. The van der Waals surface area contributed by atoms with Crippen molar-refractivity contribution in [1.29, 1.82) is 0 Å². The van der Waals surface area contributed by atoms with Crippen molar-refractivity contribution in [3.05, 3.63) is 46.3 Å². The monoisotopic (exact) mass is 286 g/mol. The summed E-state index contributed by atoms with van der Waals surface area (Å²) in [5, 5.41) is 18.8. The molecule has 0 saturated heterocycles. The van der Waals surface area contributed by atoms with Gasteiger partial charge in [-0.05, 0) is 31.4 Å². The van der Waals surface area contributed by atoms with Gasteiger partial charge in [0, 0.05) is 36.5 Å². The molecule has 1 aliphatic carbocycles. The zero-order valence-electron chi connectivity index (χ0n) is 12.0. The van der Waals surface area contributed by atoms with Crippen LogP contribution in [-0.4, -0.2) is 21.2 Å². The van der Waals surface area contributed by atoms with Gasteiger partial charge in [0.1, 0.15) is 0 Å². The van der Waals surface area contributed by atoms with Crippen LogP contribution in [0.2, 0.25) is 0 Å². The zero-order valence-corrected chi connectivity index (χ0v) is 12.0. The second kappa shape index (κ2) is 5.55. The number of nitro groups is 1. The highest BCUT2D eigenvalue weighted by atomic mass is 16.6. The molecule has 0 spiro atoms. The first-order chi connectivity index (χ1) is 10.2. The third-order valence-electron chi connectivity index (χ3n) is 3.56. The average molecular weight is 286 g/mol. The van der Waals surface area contributed by atoms with Crippen LogP contribution in [0.15, 0.2) is 30.5 Å². The van der Waals surface area contributed by atoms with E-state index in [9.17, 15) is 10.1 Å². The summed E-state index contributed by atoms with van der Waals surface area (Å²) in [6, 6.07) is 7.01. The molecule has 1 fully saturated rings. The maximum atomic E-state index is 11.1. The lowest BCUT2D eigenvalue weighted by molar-refractivity contribution is -0.384. The molecule has 0 aliphatic heterocycles. The van der Waals surface area contributed by atoms with E-state index in [1.165, 1.54) is 12.8 Å². The fraction of sp³-hybridized carbons (Fsp3) is 0.400. The van der Waals surface area contributed by atoms with Crippen LogP contribution < -0.4 is 5.32 Å². The molecule has 6 nitrogen and oxygen atoms in total. The zero-order chi connectivity index (χ0) is 14.8. The Morgan fingerprint density at radius 2 is 2.24 bits per heavy atom. The van der Waals surface area contributed by atoms with Crippen molar-refractivity contribution in [3.8, 4) is 5.69 Å². The Balaban J connectivity index is 1.94. The molecule has 2 aromatic rings. The SMILES string of the molecule is CCCNc1cc(-n2ccc(C3CC3)n2)cc([N+](=O)[O-])c1. The van der Waals surface area contributed by atoms with Gasteiger partial charge in [0.15, 0.2) is 0 Å². The number of hydrogen-bond donors (Lipinski definition) is 1. The highest BCUT2D eigenvalue weighted by Crippen LogP contribution is 2.39. The molecule has 0 atom stereocenters. The van der Waals surface area contributed by atoms with Crippen molar-refractivity contribution in [2.24, 2.45) is 0 Å². The quantitative estimate of drug-likeness (QED) is 0.651. The van der Waals surface area contributed by atoms with Crippen LogP contribution in [0.3, 0.4) is 0 Å². The number of hydrogen-bond acceptors (Lipinski definition) is 4. The second-order valence-electron chi connectivity index (χ2n) is 5.38. The smallest absolute Gasteiger partial charge is 0.273 e. The van der Waals surface area contributed by atoms with E-state index < -0.39 is 0 Å². The van der Waals surface area contributed by atoms with Gasteiger partial charge in [-0.2, -0.15) is 5.10 Å². The molecule has 1 aromatic heterocycles. The molecule has 21 heavy (non-hydrogen) atoms. The summed E-state index contributed by atoms with van der Waals surface area (Å²) in [6.45, 7) is 2.84. The maximum absolute atomic E-state index is 11.1. The fourth-order valence-electron chi connectivity index (χ4n) is 2.28. The van der Waals surface area contributed by atoms with Gasteiger partial charge in [0.05, 0.1) is 16.3 Å². The summed E-state index contributed by atoms with van der Waals surface area (Å²) in [6.07, 6.45) is 5.21. The molecule has 3 rings (SSSR count). The molecular weight excluding hydrogens is 268 g/mol. The first-order valence-corrected chi connectivity index (χ1v) is 7.26. The van der Waals surface area contributed by atoms with Crippen LogP contribution in [0, 0.1) is 10.1 Å². The normalized spacial score (nSPS) is 14.1. The summed E-state index contributed by atoms with van der Waals surface area (Å²) < 4.78 is 1.72. The van der Waals surface area contributed by atoms with E-state index in [-0.39, 0.29) is 10.6 Å².